The molecule has 0 radical (unpaired) electrons. The van der Waals surface area contributed by atoms with Crippen molar-refractivity contribution in [3.05, 3.63) is 87.3 Å². The van der Waals surface area contributed by atoms with Gasteiger partial charge in [0.05, 0.1) is 5.56 Å². The summed E-state index contributed by atoms with van der Waals surface area (Å²) < 4.78 is 6.24. The normalized spacial score (nSPS) is 11.8. The quantitative estimate of drug-likeness (QED) is 0.315. The van der Waals surface area contributed by atoms with E-state index >= 15 is 0 Å². The van der Waals surface area contributed by atoms with Crippen LogP contribution in [0.25, 0.3) is 12.2 Å². The second-order valence-corrected chi connectivity index (χ2v) is 9.05. The van der Waals surface area contributed by atoms with Crippen molar-refractivity contribution in [1.29, 1.82) is 0 Å². The minimum Gasteiger partial charge on any atom is -0.478 e. The van der Waals surface area contributed by atoms with Gasteiger partial charge >= 0.3 is 5.97 Å². The van der Waals surface area contributed by atoms with Crippen molar-refractivity contribution in [3.8, 4) is 11.5 Å². The Kier molecular flexibility index (Phi) is 7.41. The maximum absolute atomic E-state index is 12.9. The predicted octanol–water partition coefficient (Wildman–Crippen LogP) is 3.07. The number of nitrogens with two attached hydrogens (primary N) is 1. The van der Waals surface area contributed by atoms with Crippen LogP contribution in [0.4, 0.5) is 5.69 Å². The molecule has 1 aliphatic rings. The van der Waals surface area contributed by atoms with E-state index in [0.717, 1.165) is 41.0 Å². The molecule has 186 valence electrons. The highest BCUT2D eigenvalue weighted by molar-refractivity contribution is 6.02. The van der Waals surface area contributed by atoms with Gasteiger partial charge in [0.25, 0.3) is 5.91 Å². The average molecular weight is 486 g/mol. The summed E-state index contributed by atoms with van der Waals surface area (Å²) in [5, 5.41) is 14.5. The largest absolute Gasteiger partial charge is 0.478 e. The number of rotatable bonds is 9. The summed E-state index contributed by atoms with van der Waals surface area (Å²) in [5.74, 6) is -0.114. The fourth-order valence-electron chi connectivity index (χ4n) is 4.32. The highest BCUT2D eigenvalue weighted by Gasteiger charge is 2.25. The summed E-state index contributed by atoms with van der Waals surface area (Å²) in [5.41, 5.74) is 8.90. The maximum atomic E-state index is 12.9. The number of carbonyl (C=O) groups excluding carboxylic acids is 1. The first-order valence-corrected chi connectivity index (χ1v) is 12.0. The van der Waals surface area contributed by atoms with Gasteiger partial charge in [0, 0.05) is 54.3 Å². The molecule has 3 aromatic carbocycles. The van der Waals surface area contributed by atoms with Gasteiger partial charge < -0.3 is 25.8 Å². The zero-order valence-electron chi connectivity index (χ0n) is 20.6. The lowest BCUT2D eigenvalue weighted by atomic mass is 9.88. The Bertz CT molecular complexity index is 1430. The number of nitrogens with zero attached hydrogens (tertiary/aromatic N) is 1. The Morgan fingerprint density at radius 3 is 2.50 bits per heavy atom. The van der Waals surface area contributed by atoms with Crippen LogP contribution >= 0.6 is 0 Å². The molecule has 0 spiro atoms. The van der Waals surface area contributed by atoms with Crippen LogP contribution < -0.4 is 31.1 Å². The summed E-state index contributed by atoms with van der Waals surface area (Å²) in [6.45, 7) is 5.17. The van der Waals surface area contributed by atoms with E-state index in [4.69, 9.17) is 10.5 Å². The second kappa shape index (κ2) is 10.7. The van der Waals surface area contributed by atoms with E-state index < -0.39 is 5.97 Å². The third-order valence-electron chi connectivity index (χ3n) is 6.23. The number of carboxylic acids is 1. The number of nitrogens with one attached hydrogen (secondary N) is 1. The van der Waals surface area contributed by atoms with Crippen LogP contribution in [0.5, 0.6) is 11.5 Å². The molecule has 0 saturated heterocycles. The summed E-state index contributed by atoms with van der Waals surface area (Å²) in [6, 6.07) is 16.1. The van der Waals surface area contributed by atoms with Crippen LogP contribution in [0.2, 0.25) is 0 Å². The number of carboxylic acid groups (broad SMARTS) is 1. The average Bonchev–Trinajstić information content (AvgIpc) is 2.86. The molecule has 0 atom stereocenters. The number of carbonyl (C=O) groups is 2. The van der Waals surface area contributed by atoms with Crippen molar-refractivity contribution in [2.45, 2.75) is 19.3 Å². The van der Waals surface area contributed by atoms with Crippen LogP contribution in [0.15, 0.2) is 54.6 Å². The van der Waals surface area contributed by atoms with Gasteiger partial charge in [-0.2, -0.15) is 0 Å². The van der Waals surface area contributed by atoms with Crippen molar-refractivity contribution in [2.24, 2.45) is 5.73 Å². The van der Waals surface area contributed by atoms with Gasteiger partial charge in [0.15, 0.2) is 0 Å². The van der Waals surface area contributed by atoms with Gasteiger partial charge in [-0.15, -0.1) is 0 Å². The molecule has 0 saturated carbocycles. The van der Waals surface area contributed by atoms with E-state index in [1.54, 1.807) is 12.1 Å². The Balaban J connectivity index is 1.87. The predicted molar refractivity (Wildman–Crippen MR) is 142 cm³/mol. The topological polar surface area (TPSA) is 105 Å². The second-order valence-electron chi connectivity index (χ2n) is 9.05. The lowest BCUT2D eigenvalue weighted by molar-refractivity contribution is 0.0696. The van der Waals surface area contributed by atoms with Crippen LogP contribution in [0.3, 0.4) is 0 Å². The van der Waals surface area contributed by atoms with Gasteiger partial charge in [-0.05, 0) is 66.6 Å². The lowest BCUT2D eigenvalue weighted by Crippen LogP contribution is -2.25. The molecule has 0 aromatic heterocycles. The fraction of sp³-hybridized carbons (Fsp3) is 0.241. The first kappa shape index (κ1) is 25.0. The van der Waals surface area contributed by atoms with Gasteiger partial charge in [0.2, 0.25) is 0 Å². The first-order chi connectivity index (χ1) is 17.3. The molecule has 36 heavy (non-hydrogen) atoms. The van der Waals surface area contributed by atoms with Gasteiger partial charge in [-0.1, -0.05) is 25.1 Å². The third kappa shape index (κ3) is 5.11. The minimum absolute atomic E-state index is 0.110. The third-order valence-corrected chi connectivity index (χ3v) is 6.23. The van der Waals surface area contributed by atoms with E-state index in [9.17, 15) is 14.7 Å². The zero-order valence-corrected chi connectivity index (χ0v) is 20.6. The monoisotopic (exact) mass is 485 g/mol. The van der Waals surface area contributed by atoms with Crippen LogP contribution in [-0.2, 0) is 0 Å². The minimum atomic E-state index is -1.07. The van der Waals surface area contributed by atoms with Crippen LogP contribution in [0, 0.1) is 0 Å². The van der Waals surface area contributed by atoms with Crippen molar-refractivity contribution >= 4 is 29.7 Å². The van der Waals surface area contributed by atoms with Crippen LogP contribution in [0.1, 0.15) is 51.1 Å². The molecule has 1 aliphatic heterocycles. The summed E-state index contributed by atoms with van der Waals surface area (Å²) >= 11 is 0. The molecule has 7 heteroatoms. The smallest absolute Gasteiger partial charge is 0.336 e. The summed E-state index contributed by atoms with van der Waals surface area (Å²) in [6.07, 6.45) is 2.69. The molecule has 0 aliphatic carbocycles. The van der Waals surface area contributed by atoms with E-state index in [2.05, 4.69) is 11.9 Å². The van der Waals surface area contributed by atoms with Crippen molar-refractivity contribution in [2.75, 3.05) is 32.1 Å². The molecule has 0 fully saturated rings. The number of benzene rings is 3. The van der Waals surface area contributed by atoms with Crippen LogP contribution in [-0.4, -0.2) is 44.2 Å². The molecule has 4 rings (SSSR count). The van der Waals surface area contributed by atoms with Gasteiger partial charge in [0.1, 0.15) is 11.5 Å². The van der Waals surface area contributed by atoms with E-state index in [1.165, 1.54) is 6.07 Å². The van der Waals surface area contributed by atoms with Crippen molar-refractivity contribution in [3.63, 3.8) is 0 Å². The zero-order chi connectivity index (χ0) is 25.8. The number of hydrogen-bond acceptors (Lipinski definition) is 5. The molecule has 0 unspecified atom stereocenters. The molecular formula is C29H31N3O4. The number of anilines is 1. The molecule has 1 amide bonds. The summed E-state index contributed by atoms with van der Waals surface area (Å²) in [7, 11) is 3.88. The number of ether oxygens (including phenoxy) is 1. The molecule has 7 nitrogen and oxygen atoms in total. The SMILES string of the molecule is C=c1ccc2c(c1)Oc1cc(N(C)C)ccc1C=2c1cc(C(=O)NCCCCCN)ccc1C(=O)O. The molecular weight excluding hydrogens is 454 g/mol. The molecule has 0 bridgehead atoms. The Morgan fingerprint density at radius 2 is 1.78 bits per heavy atom. The van der Waals surface area contributed by atoms with E-state index in [-0.39, 0.29) is 11.5 Å². The first-order valence-electron chi connectivity index (χ1n) is 12.0. The Morgan fingerprint density at radius 1 is 0.972 bits per heavy atom. The Labute approximate surface area is 210 Å². The van der Waals surface area contributed by atoms with Gasteiger partial charge in [-0.25, -0.2) is 4.79 Å². The number of amides is 1. The molecule has 4 N–H and O–H groups in total. The van der Waals surface area contributed by atoms with Gasteiger partial charge in [-0.3, -0.25) is 4.79 Å². The number of unbranched alkanes of at least 4 members (excludes halogenated alkanes) is 2. The number of fused-ring (bicyclic) bond motifs is 2. The Hall–Kier alpha value is -4.10. The van der Waals surface area contributed by atoms with Crippen molar-refractivity contribution < 1.29 is 19.4 Å². The lowest BCUT2D eigenvalue weighted by Gasteiger charge is -2.24. The van der Waals surface area contributed by atoms with E-state index in [0.29, 0.717) is 41.3 Å². The van der Waals surface area contributed by atoms with E-state index in [1.807, 2.05) is 55.4 Å². The highest BCUT2D eigenvalue weighted by Crippen LogP contribution is 2.39. The standard InChI is InChI=1S/C29H31N3O4/c1-18-7-10-22-25(15-18)36-26-17-20(32(2)3)9-12-23(26)27(22)24-16-19(8-11-21(24)29(34)35)28(33)31-14-6-4-5-13-30/h7-12,15-17H,1,4-6,13-14,30H2,2-3H3,(H,31,33)(H,34,35). The molecule has 1 heterocycles. The maximum Gasteiger partial charge on any atom is 0.336 e. The fourth-order valence-corrected chi connectivity index (χ4v) is 4.32. The highest BCUT2D eigenvalue weighted by atomic mass is 16.5. The van der Waals surface area contributed by atoms with Crippen molar-refractivity contribution in [1.82, 2.24) is 5.32 Å². The number of aromatic carboxylic acids is 1. The number of hydrogen-bond donors (Lipinski definition) is 3. The summed E-state index contributed by atoms with van der Waals surface area (Å²) in [4.78, 5) is 27.2. The molecule has 3 aromatic rings.